The summed E-state index contributed by atoms with van der Waals surface area (Å²) in [7, 11) is 0. The molecule has 0 spiro atoms. The molecule has 0 bridgehead atoms. The fourth-order valence-electron chi connectivity index (χ4n) is 2.17. The van der Waals surface area contributed by atoms with E-state index in [1.54, 1.807) is 6.20 Å². The van der Waals surface area contributed by atoms with Crippen molar-refractivity contribution in [3.05, 3.63) is 30.0 Å². The lowest BCUT2D eigenvalue weighted by Crippen LogP contribution is -2.16. The van der Waals surface area contributed by atoms with Gasteiger partial charge in [0.05, 0.1) is 12.0 Å². The van der Waals surface area contributed by atoms with Crippen molar-refractivity contribution in [3.8, 4) is 5.75 Å². The predicted octanol–water partition coefficient (Wildman–Crippen LogP) is 4.04. The van der Waals surface area contributed by atoms with E-state index in [0.717, 1.165) is 22.2 Å². The van der Waals surface area contributed by atoms with Gasteiger partial charge in [0.25, 0.3) is 0 Å². The predicted molar refractivity (Wildman–Crippen MR) is 77.8 cm³/mol. The molecular weight excluding hydrogens is 238 g/mol. The molecule has 1 unspecified atom stereocenters. The lowest BCUT2D eigenvalue weighted by molar-refractivity contribution is 0.0901. The number of hydrogen-bond donors (Lipinski definition) is 1. The summed E-state index contributed by atoms with van der Waals surface area (Å²) < 4.78 is 5.64. The van der Waals surface area contributed by atoms with E-state index >= 15 is 0 Å². The van der Waals surface area contributed by atoms with Gasteiger partial charge in [-0.05, 0) is 25.0 Å². The zero-order valence-corrected chi connectivity index (χ0v) is 12.0. The molecule has 0 saturated heterocycles. The van der Waals surface area contributed by atoms with E-state index in [9.17, 15) is 4.79 Å². The molecule has 2 aromatic rings. The quantitative estimate of drug-likeness (QED) is 0.823. The van der Waals surface area contributed by atoms with Crippen LogP contribution < -0.4 is 4.74 Å². The minimum absolute atomic E-state index is 0.00804. The summed E-state index contributed by atoms with van der Waals surface area (Å²) in [6.45, 7) is 8.66. The number of fused-ring (bicyclic) bond motifs is 1. The third kappa shape index (κ3) is 2.50. The number of hydrogen-bond acceptors (Lipinski definition) is 2. The number of ketones is 1. The number of ether oxygens (including phenoxy) is 1. The van der Waals surface area contributed by atoms with Gasteiger partial charge in [-0.15, -0.1) is 0 Å². The molecule has 1 heterocycles. The summed E-state index contributed by atoms with van der Waals surface area (Å²) in [6.07, 6.45) is 1.80. The Balaban J connectivity index is 2.52. The molecule has 0 saturated carbocycles. The Hall–Kier alpha value is -1.77. The van der Waals surface area contributed by atoms with Crippen LogP contribution in [0.1, 0.15) is 38.1 Å². The molecule has 0 radical (unpaired) electrons. The number of rotatable bonds is 5. The van der Waals surface area contributed by atoms with Crippen LogP contribution in [0.3, 0.4) is 0 Å². The van der Waals surface area contributed by atoms with E-state index in [1.165, 1.54) is 0 Å². The summed E-state index contributed by atoms with van der Waals surface area (Å²) in [6, 6.07) is 5.81. The topological polar surface area (TPSA) is 42.1 Å². The molecule has 1 aromatic carbocycles. The Morgan fingerprint density at radius 2 is 2.05 bits per heavy atom. The van der Waals surface area contributed by atoms with Crippen LogP contribution in [-0.4, -0.2) is 17.4 Å². The molecule has 3 nitrogen and oxygen atoms in total. The second-order valence-electron chi connectivity index (χ2n) is 5.21. The minimum atomic E-state index is 0.00804. The van der Waals surface area contributed by atoms with Gasteiger partial charge in [0.15, 0.2) is 5.78 Å². The number of Topliss-reactive ketones (excluding diaryl/α,β-unsaturated/α-hetero) is 1. The van der Waals surface area contributed by atoms with Crippen molar-refractivity contribution in [1.82, 2.24) is 4.98 Å². The Labute approximate surface area is 114 Å². The number of carbonyl (C=O) groups excluding carboxylic acids is 1. The van der Waals surface area contributed by atoms with Crippen molar-refractivity contribution in [3.63, 3.8) is 0 Å². The Bertz CT molecular complexity index is 583. The maximum Gasteiger partial charge on any atom is 0.168 e. The standard InChI is InChI=1S/C16H21NO2/c1-5-19-14-8-6-7-13-15(14)12(9-17-13)16(18)11(4)10(2)3/h6-11,17H,5H2,1-4H3. The van der Waals surface area contributed by atoms with Gasteiger partial charge in [0.1, 0.15) is 5.75 Å². The van der Waals surface area contributed by atoms with Crippen LogP contribution in [-0.2, 0) is 0 Å². The van der Waals surface area contributed by atoms with Gasteiger partial charge in [-0.3, -0.25) is 4.79 Å². The molecule has 3 heteroatoms. The second-order valence-corrected chi connectivity index (χ2v) is 5.21. The number of aromatic amines is 1. The van der Waals surface area contributed by atoms with Crippen LogP contribution >= 0.6 is 0 Å². The largest absolute Gasteiger partial charge is 0.493 e. The van der Waals surface area contributed by atoms with E-state index in [-0.39, 0.29) is 11.7 Å². The number of carbonyl (C=O) groups is 1. The van der Waals surface area contributed by atoms with Crippen LogP contribution in [0.25, 0.3) is 10.9 Å². The minimum Gasteiger partial charge on any atom is -0.493 e. The van der Waals surface area contributed by atoms with Gasteiger partial charge in [0, 0.05) is 23.2 Å². The molecule has 0 aliphatic heterocycles. The first-order valence-electron chi connectivity index (χ1n) is 6.83. The zero-order valence-electron chi connectivity index (χ0n) is 12.0. The summed E-state index contributed by atoms with van der Waals surface area (Å²) >= 11 is 0. The lowest BCUT2D eigenvalue weighted by atomic mass is 9.89. The van der Waals surface area contributed by atoms with Crippen molar-refractivity contribution in [2.75, 3.05) is 6.61 Å². The molecule has 19 heavy (non-hydrogen) atoms. The van der Waals surface area contributed by atoms with Gasteiger partial charge in [-0.1, -0.05) is 26.8 Å². The molecule has 0 fully saturated rings. The SMILES string of the molecule is CCOc1cccc2[nH]cc(C(=O)C(C)C(C)C)c12. The lowest BCUT2D eigenvalue weighted by Gasteiger charge is -2.14. The highest BCUT2D eigenvalue weighted by Gasteiger charge is 2.22. The molecule has 1 N–H and O–H groups in total. The molecule has 102 valence electrons. The average Bonchev–Trinajstić information content (AvgIpc) is 2.82. The highest BCUT2D eigenvalue weighted by atomic mass is 16.5. The summed E-state index contributed by atoms with van der Waals surface area (Å²) in [4.78, 5) is 15.7. The third-order valence-corrected chi connectivity index (χ3v) is 3.65. The first-order valence-corrected chi connectivity index (χ1v) is 6.83. The maximum absolute atomic E-state index is 12.5. The second kappa shape index (κ2) is 5.47. The third-order valence-electron chi connectivity index (χ3n) is 3.65. The molecule has 1 aromatic heterocycles. The molecule has 0 aliphatic rings. The van der Waals surface area contributed by atoms with Gasteiger partial charge >= 0.3 is 0 Å². The fourth-order valence-corrected chi connectivity index (χ4v) is 2.17. The summed E-state index contributed by atoms with van der Waals surface area (Å²) in [5.41, 5.74) is 1.69. The molecule has 0 aliphatic carbocycles. The van der Waals surface area contributed by atoms with Crippen molar-refractivity contribution in [2.24, 2.45) is 11.8 Å². The Kier molecular flexibility index (Phi) is 3.93. The van der Waals surface area contributed by atoms with Crippen LogP contribution in [0.15, 0.2) is 24.4 Å². The Morgan fingerprint density at radius 3 is 2.68 bits per heavy atom. The zero-order chi connectivity index (χ0) is 14.0. The highest BCUT2D eigenvalue weighted by molar-refractivity contribution is 6.10. The van der Waals surface area contributed by atoms with Crippen LogP contribution in [0, 0.1) is 11.8 Å². The van der Waals surface area contributed by atoms with E-state index in [0.29, 0.717) is 12.5 Å². The first kappa shape index (κ1) is 13.7. The molecule has 0 amide bonds. The van der Waals surface area contributed by atoms with E-state index in [2.05, 4.69) is 18.8 Å². The Morgan fingerprint density at radius 1 is 1.32 bits per heavy atom. The molecule has 1 atom stereocenters. The van der Waals surface area contributed by atoms with Gasteiger partial charge in [-0.25, -0.2) is 0 Å². The van der Waals surface area contributed by atoms with E-state index < -0.39 is 0 Å². The van der Waals surface area contributed by atoms with Gasteiger partial charge < -0.3 is 9.72 Å². The van der Waals surface area contributed by atoms with Crippen LogP contribution in [0.5, 0.6) is 5.75 Å². The van der Waals surface area contributed by atoms with Crippen LogP contribution in [0.4, 0.5) is 0 Å². The van der Waals surface area contributed by atoms with Crippen molar-refractivity contribution < 1.29 is 9.53 Å². The van der Waals surface area contributed by atoms with Crippen LogP contribution in [0.2, 0.25) is 0 Å². The summed E-state index contributed by atoms with van der Waals surface area (Å²) in [5, 5.41) is 0.904. The normalized spacial score (nSPS) is 12.9. The maximum atomic E-state index is 12.5. The van der Waals surface area contributed by atoms with E-state index in [1.807, 2.05) is 32.0 Å². The first-order chi connectivity index (χ1) is 9.06. The number of nitrogens with one attached hydrogen (secondary N) is 1. The van der Waals surface area contributed by atoms with Gasteiger partial charge in [-0.2, -0.15) is 0 Å². The average molecular weight is 259 g/mol. The van der Waals surface area contributed by atoms with Crippen molar-refractivity contribution in [2.45, 2.75) is 27.7 Å². The van der Waals surface area contributed by atoms with Crippen molar-refractivity contribution >= 4 is 16.7 Å². The molecule has 2 rings (SSSR count). The van der Waals surface area contributed by atoms with Gasteiger partial charge in [0.2, 0.25) is 0 Å². The highest BCUT2D eigenvalue weighted by Crippen LogP contribution is 2.31. The number of benzene rings is 1. The monoisotopic (exact) mass is 259 g/mol. The molecular formula is C16H21NO2. The smallest absolute Gasteiger partial charge is 0.168 e. The summed E-state index contributed by atoms with van der Waals surface area (Å²) in [5.74, 6) is 1.29. The number of aromatic nitrogens is 1. The van der Waals surface area contributed by atoms with E-state index in [4.69, 9.17) is 4.74 Å². The fraction of sp³-hybridized carbons (Fsp3) is 0.438. The van der Waals surface area contributed by atoms with Crippen molar-refractivity contribution in [1.29, 1.82) is 0 Å². The number of H-pyrrole nitrogens is 1.